The van der Waals surface area contributed by atoms with Crippen LogP contribution in [0.2, 0.25) is 0 Å². The van der Waals surface area contributed by atoms with Gasteiger partial charge in [-0.25, -0.2) is 4.79 Å². The van der Waals surface area contributed by atoms with Crippen molar-refractivity contribution in [2.24, 2.45) is 5.73 Å². The molecule has 0 aliphatic carbocycles. The van der Waals surface area contributed by atoms with Crippen LogP contribution < -0.4 is 5.73 Å². The Morgan fingerprint density at radius 1 is 0.509 bits per heavy atom. The van der Waals surface area contributed by atoms with Crippen molar-refractivity contribution in [3.8, 4) is 0 Å². The van der Waals surface area contributed by atoms with Crippen LogP contribution in [0.1, 0.15) is 45.7 Å². The molecule has 2 N–H and O–H groups in total. The van der Waals surface area contributed by atoms with Gasteiger partial charge in [0.25, 0.3) is 0 Å². The normalized spacial score (nSPS) is 27.5. The number of benzene rings is 2. The van der Waals surface area contributed by atoms with Crippen molar-refractivity contribution in [1.82, 2.24) is 0 Å². The molecule has 2 aromatic rings. The summed E-state index contributed by atoms with van der Waals surface area (Å²) in [6.45, 7) is 4.61. The van der Waals surface area contributed by atoms with Crippen molar-refractivity contribution in [3.63, 3.8) is 0 Å². The van der Waals surface area contributed by atoms with Gasteiger partial charge in [-0.3, -0.25) is 24.0 Å². The van der Waals surface area contributed by atoms with Gasteiger partial charge in [-0.15, -0.1) is 0 Å². The number of primary amides is 1. The van der Waals surface area contributed by atoms with E-state index in [1.54, 1.807) is 24.3 Å². The number of carbonyl (C=O) groups is 6. The monoisotopic (exact) mass is 775 g/mol. The van der Waals surface area contributed by atoms with Crippen LogP contribution in [0.5, 0.6) is 0 Å². The van der Waals surface area contributed by atoms with E-state index in [2.05, 4.69) is 0 Å². The third-order valence-electron chi connectivity index (χ3n) is 8.08. The Morgan fingerprint density at radius 3 is 1.44 bits per heavy atom. The number of amides is 1. The van der Waals surface area contributed by atoms with Crippen LogP contribution in [0, 0.1) is 0 Å². The van der Waals surface area contributed by atoms with E-state index in [0.717, 1.165) is 38.8 Å². The Hall–Kier alpha value is -5.14. The first-order chi connectivity index (χ1) is 26.2. The Labute approximate surface area is 316 Å². The summed E-state index contributed by atoms with van der Waals surface area (Å²) in [6.07, 6.45) is -16.0. The van der Waals surface area contributed by atoms with E-state index in [4.69, 9.17) is 57.8 Å². The van der Waals surface area contributed by atoms with Crippen molar-refractivity contribution in [2.75, 3.05) is 13.2 Å². The summed E-state index contributed by atoms with van der Waals surface area (Å²) in [7, 11) is 0. The van der Waals surface area contributed by atoms with Crippen molar-refractivity contribution in [3.05, 3.63) is 71.8 Å². The van der Waals surface area contributed by atoms with Gasteiger partial charge in [0.05, 0.1) is 13.2 Å². The summed E-state index contributed by atoms with van der Waals surface area (Å²) in [5.41, 5.74) is 6.89. The quantitative estimate of drug-likeness (QED) is 0.190. The summed E-state index contributed by atoms with van der Waals surface area (Å²) < 4.78 is 64.2. The van der Waals surface area contributed by atoms with Crippen LogP contribution in [-0.2, 0) is 89.3 Å². The lowest BCUT2D eigenvalue weighted by atomic mass is 9.96. The fourth-order valence-electron chi connectivity index (χ4n) is 5.93. The highest BCUT2D eigenvalue weighted by atomic mass is 16.8. The maximum Gasteiger partial charge on any atom is 0.405 e. The Balaban J connectivity index is 1.83. The number of esters is 5. The summed E-state index contributed by atoms with van der Waals surface area (Å²) in [5.74, 6) is -3.94. The summed E-state index contributed by atoms with van der Waals surface area (Å²) in [4.78, 5) is 73.4. The fraction of sp³-hybridized carbons (Fsp3) is 0.514. The molecular weight excluding hydrogens is 730 g/mol. The molecule has 10 atom stereocenters. The van der Waals surface area contributed by atoms with Crippen LogP contribution in [0.3, 0.4) is 0 Å². The molecule has 0 radical (unpaired) electrons. The van der Waals surface area contributed by atoms with Crippen LogP contribution in [-0.4, -0.2) is 111 Å². The van der Waals surface area contributed by atoms with Crippen molar-refractivity contribution < 1.29 is 80.9 Å². The molecule has 2 aromatic carbocycles. The van der Waals surface area contributed by atoms with Crippen LogP contribution in [0.4, 0.5) is 4.79 Å². The Bertz CT molecular complexity index is 1610. The van der Waals surface area contributed by atoms with Gasteiger partial charge >= 0.3 is 35.9 Å². The SMILES string of the molecule is CC(=O)OC[C@@H]1O[C@H](OC(C)=O)[C@@H](O[C@H]2O[C@H](COC(C)=O)[C@@H](OC(C)=O)[C@H](OC(N)=O)[C@@H]2OC(C)=O)[C@@H](OCc2ccccc2)[C@@H]1OCc1ccccc1. The largest absolute Gasteiger partial charge is 0.463 e. The first-order valence-electron chi connectivity index (χ1n) is 17.2. The van der Waals surface area contributed by atoms with E-state index in [1.165, 1.54) is 6.92 Å². The lowest BCUT2D eigenvalue weighted by molar-refractivity contribution is -0.369. The maximum atomic E-state index is 12.5. The number of ether oxygens (including phenoxy) is 11. The molecule has 2 saturated heterocycles. The van der Waals surface area contributed by atoms with Gasteiger partial charge in [0.2, 0.25) is 6.29 Å². The molecule has 0 bridgehead atoms. The average Bonchev–Trinajstić information content (AvgIpc) is 3.11. The number of carbonyl (C=O) groups excluding carboxylic acids is 6. The average molecular weight is 776 g/mol. The Morgan fingerprint density at radius 2 is 0.964 bits per heavy atom. The molecule has 1 amide bonds. The van der Waals surface area contributed by atoms with Gasteiger partial charge in [0.1, 0.15) is 37.6 Å². The molecule has 0 aromatic heterocycles. The van der Waals surface area contributed by atoms with E-state index in [-0.39, 0.29) is 19.8 Å². The highest BCUT2D eigenvalue weighted by molar-refractivity contribution is 5.68. The van der Waals surface area contributed by atoms with E-state index in [1.807, 2.05) is 36.4 Å². The predicted molar refractivity (Wildman–Crippen MR) is 183 cm³/mol. The molecule has 300 valence electrons. The topological polar surface area (TPSA) is 230 Å². The van der Waals surface area contributed by atoms with E-state index in [0.29, 0.717) is 0 Å². The van der Waals surface area contributed by atoms with Crippen molar-refractivity contribution >= 4 is 35.9 Å². The minimum atomic E-state index is -1.77. The molecule has 2 aliphatic rings. The zero-order valence-corrected chi connectivity index (χ0v) is 30.9. The third kappa shape index (κ3) is 13.0. The minimum absolute atomic E-state index is 0.0145. The second-order valence-corrected chi connectivity index (χ2v) is 12.5. The highest BCUT2D eigenvalue weighted by Crippen LogP contribution is 2.36. The zero-order chi connectivity index (χ0) is 40.1. The summed E-state index contributed by atoms with van der Waals surface area (Å²) >= 11 is 0. The zero-order valence-electron chi connectivity index (χ0n) is 30.9. The first kappa shape index (κ1) is 42.6. The van der Waals surface area contributed by atoms with Crippen molar-refractivity contribution in [2.45, 2.75) is 109 Å². The maximum absolute atomic E-state index is 12.5. The second-order valence-electron chi connectivity index (χ2n) is 12.5. The lowest BCUT2D eigenvalue weighted by Crippen LogP contribution is -2.67. The van der Waals surface area contributed by atoms with Gasteiger partial charge in [-0.2, -0.15) is 0 Å². The number of hydrogen-bond acceptors (Lipinski definition) is 17. The van der Waals surface area contributed by atoms with E-state index in [9.17, 15) is 28.8 Å². The molecule has 4 rings (SSSR count). The molecule has 2 aliphatic heterocycles. The van der Waals surface area contributed by atoms with E-state index >= 15 is 0 Å². The summed E-state index contributed by atoms with van der Waals surface area (Å²) in [5, 5.41) is 0. The lowest BCUT2D eigenvalue weighted by Gasteiger charge is -2.48. The van der Waals surface area contributed by atoms with Crippen LogP contribution in [0.15, 0.2) is 60.7 Å². The van der Waals surface area contributed by atoms with Gasteiger partial charge in [-0.05, 0) is 11.1 Å². The third-order valence-corrected chi connectivity index (χ3v) is 8.08. The molecule has 2 heterocycles. The molecule has 55 heavy (non-hydrogen) atoms. The van der Waals surface area contributed by atoms with Crippen LogP contribution in [0.25, 0.3) is 0 Å². The van der Waals surface area contributed by atoms with Crippen molar-refractivity contribution in [1.29, 1.82) is 0 Å². The summed E-state index contributed by atoms with van der Waals surface area (Å²) in [6, 6.07) is 18.1. The fourth-order valence-corrected chi connectivity index (χ4v) is 5.93. The molecule has 2 fully saturated rings. The molecule has 18 heteroatoms. The van der Waals surface area contributed by atoms with Gasteiger partial charge in [-0.1, -0.05) is 60.7 Å². The molecule has 0 saturated carbocycles. The molecular formula is C37H45NO17. The number of rotatable bonds is 16. The van der Waals surface area contributed by atoms with Gasteiger partial charge in [0.15, 0.2) is 30.7 Å². The molecule has 0 spiro atoms. The van der Waals surface area contributed by atoms with E-state index < -0.39 is 104 Å². The first-order valence-corrected chi connectivity index (χ1v) is 17.2. The highest BCUT2D eigenvalue weighted by Gasteiger charge is 2.57. The van der Waals surface area contributed by atoms with Gasteiger partial charge in [0, 0.05) is 34.6 Å². The second kappa shape index (κ2) is 20.5. The predicted octanol–water partition coefficient (Wildman–Crippen LogP) is 2.01. The van der Waals surface area contributed by atoms with Gasteiger partial charge < -0.3 is 57.8 Å². The van der Waals surface area contributed by atoms with Crippen LogP contribution >= 0.6 is 0 Å². The molecule has 18 nitrogen and oxygen atoms in total. The Kier molecular flexibility index (Phi) is 15.9. The smallest absolute Gasteiger partial charge is 0.405 e. The number of nitrogens with two attached hydrogens (primary N) is 1. The molecule has 0 unspecified atom stereocenters. The number of hydrogen-bond donors (Lipinski definition) is 1. The minimum Gasteiger partial charge on any atom is -0.463 e. The standard InChI is InChI=1S/C37H45NO17/c1-20(39)45-18-27-29(47-16-25-12-8-6-9-13-25)31(48-17-26-14-10-7-11-15-26)33(35(52-27)51-24(5)43)54-36-34(50-23(4)42)32(55-37(38)44)30(49-22(3)41)28(53-36)19-46-21(2)40/h6-15,27-36H,16-19H2,1-5H3,(H2,38,44)/t27-,28+,29+,30+,31-,32-,33-,34-,35-,36+/m0/s1.